The number of rotatable bonds is 8. The van der Waals surface area contributed by atoms with Crippen LogP contribution in [0.5, 0.6) is 11.5 Å². The minimum Gasteiger partial charge on any atom is -0.486 e. The molecular weight excluding hydrogens is 459 g/mol. The third-order valence-electron chi connectivity index (χ3n) is 5.06. The smallest absolute Gasteiger partial charge is 0.270 e. The van der Waals surface area contributed by atoms with E-state index >= 15 is 0 Å². The Morgan fingerprint density at radius 1 is 0.943 bits per heavy atom. The molecule has 0 radical (unpaired) electrons. The monoisotopic (exact) mass is 480 g/mol. The molecule has 0 saturated heterocycles. The normalized spacial score (nSPS) is 12.0. The van der Waals surface area contributed by atoms with Crippen molar-refractivity contribution in [3.05, 3.63) is 87.7 Å². The van der Waals surface area contributed by atoms with E-state index in [-0.39, 0.29) is 29.3 Å². The van der Waals surface area contributed by atoms with Gasteiger partial charge in [0.1, 0.15) is 19.0 Å². The van der Waals surface area contributed by atoms with Gasteiger partial charge in [0.2, 0.25) is 5.91 Å². The van der Waals surface area contributed by atoms with Crippen LogP contribution < -0.4 is 25.4 Å². The Kier molecular flexibility index (Phi) is 7.17. The number of carbonyl (C=O) groups is 2. The first-order valence-electron chi connectivity index (χ1n) is 10.6. The van der Waals surface area contributed by atoms with Gasteiger partial charge in [-0.25, -0.2) is 4.39 Å². The van der Waals surface area contributed by atoms with E-state index in [9.17, 15) is 24.1 Å². The van der Waals surface area contributed by atoms with E-state index in [1.54, 1.807) is 30.3 Å². The summed E-state index contributed by atoms with van der Waals surface area (Å²) >= 11 is 0. The van der Waals surface area contributed by atoms with Crippen LogP contribution in [0.2, 0.25) is 0 Å². The van der Waals surface area contributed by atoms with Crippen molar-refractivity contribution in [2.75, 3.05) is 30.4 Å². The molecule has 1 heterocycles. The van der Waals surface area contributed by atoms with Gasteiger partial charge in [-0.2, -0.15) is 0 Å². The number of hydrogen-bond donors (Lipinski definition) is 3. The minimum absolute atomic E-state index is 0.0824. The molecule has 180 valence electrons. The van der Waals surface area contributed by atoms with Crippen molar-refractivity contribution in [3.8, 4) is 11.5 Å². The minimum atomic E-state index is -0.653. The fourth-order valence-electron chi connectivity index (χ4n) is 3.38. The highest BCUT2D eigenvalue weighted by molar-refractivity contribution is 6.10. The van der Waals surface area contributed by atoms with Crippen molar-refractivity contribution in [2.45, 2.75) is 6.54 Å². The molecule has 1 aliphatic heterocycles. The van der Waals surface area contributed by atoms with E-state index in [0.29, 0.717) is 36.9 Å². The van der Waals surface area contributed by atoms with E-state index in [2.05, 4.69) is 16.0 Å². The Hall–Kier alpha value is -4.51. The van der Waals surface area contributed by atoms with Gasteiger partial charge in [0.25, 0.3) is 11.6 Å². The number of nitrogens with one attached hydrogen (secondary N) is 3. The van der Waals surface area contributed by atoms with Crippen LogP contribution in [0.1, 0.15) is 15.9 Å². The van der Waals surface area contributed by atoms with E-state index in [0.717, 1.165) is 11.6 Å². The van der Waals surface area contributed by atoms with Gasteiger partial charge in [0, 0.05) is 30.4 Å². The first-order chi connectivity index (χ1) is 16.9. The summed E-state index contributed by atoms with van der Waals surface area (Å²) in [6.45, 7) is 1.03. The molecule has 0 unspecified atom stereocenters. The standard InChI is InChI=1S/C24H21FN4O6/c25-16-3-1-15(2-4-16)13-26-14-23(30)28-20-7-6-18(29(32)33)12-19(20)24(31)27-17-5-8-21-22(11-17)35-10-9-34-21/h1-8,11-12,26H,9-10,13-14H2,(H,27,31)(H,28,30). The molecule has 3 aromatic carbocycles. The summed E-state index contributed by atoms with van der Waals surface area (Å²) in [5.41, 5.74) is 0.906. The number of carbonyl (C=O) groups excluding carboxylic acids is 2. The van der Waals surface area contributed by atoms with Crippen LogP contribution in [0.4, 0.5) is 21.5 Å². The number of benzene rings is 3. The zero-order valence-corrected chi connectivity index (χ0v) is 18.4. The number of non-ortho nitro benzene ring substituents is 1. The molecule has 0 atom stereocenters. The lowest BCUT2D eigenvalue weighted by atomic mass is 10.1. The second-order valence-corrected chi connectivity index (χ2v) is 7.58. The third-order valence-corrected chi connectivity index (χ3v) is 5.06. The van der Waals surface area contributed by atoms with Crippen LogP contribution >= 0.6 is 0 Å². The molecule has 3 N–H and O–H groups in total. The molecular formula is C24H21FN4O6. The van der Waals surface area contributed by atoms with Gasteiger partial charge in [0.05, 0.1) is 22.7 Å². The van der Waals surface area contributed by atoms with Gasteiger partial charge >= 0.3 is 0 Å². The van der Waals surface area contributed by atoms with Crippen molar-refractivity contribution in [2.24, 2.45) is 0 Å². The highest BCUT2D eigenvalue weighted by Gasteiger charge is 2.20. The maximum absolute atomic E-state index is 13.0. The lowest BCUT2D eigenvalue weighted by Crippen LogP contribution is -2.28. The molecule has 3 aromatic rings. The zero-order chi connectivity index (χ0) is 24.8. The number of halogens is 1. The van der Waals surface area contributed by atoms with Crippen molar-refractivity contribution < 1.29 is 28.4 Å². The number of fused-ring (bicyclic) bond motifs is 1. The molecule has 1 aliphatic rings. The van der Waals surface area contributed by atoms with E-state index in [1.807, 2.05) is 0 Å². The molecule has 0 spiro atoms. The zero-order valence-electron chi connectivity index (χ0n) is 18.4. The highest BCUT2D eigenvalue weighted by Crippen LogP contribution is 2.33. The molecule has 35 heavy (non-hydrogen) atoms. The number of nitro groups is 1. The Morgan fingerprint density at radius 2 is 1.69 bits per heavy atom. The van der Waals surface area contributed by atoms with Gasteiger partial charge in [-0.05, 0) is 35.9 Å². The highest BCUT2D eigenvalue weighted by atomic mass is 19.1. The molecule has 11 heteroatoms. The average Bonchev–Trinajstić information content (AvgIpc) is 2.85. The number of hydrogen-bond acceptors (Lipinski definition) is 7. The summed E-state index contributed by atoms with van der Waals surface area (Å²) in [6.07, 6.45) is 0. The number of nitrogens with zero attached hydrogens (tertiary/aromatic N) is 1. The predicted molar refractivity (Wildman–Crippen MR) is 125 cm³/mol. The number of ether oxygens (including phenoxy) is 2. The Morgan fingerprint density at radius 3 is 2.43 bits per heavy atom. The van der Waals surface area contributed by atoms with Crippen molar-refractivity contribution >= 4 is 28.9 Å². The summed E-state index contributed by atoms with van der Waals surface area (Å²) in [5.74, 6) is -0.458. The summed E-state index contributed by atoms with van der Waals surface area (Å²) in [7, 11) is 0. The van der Waals surface area contributed by atoms with Crippen molar-refractivity contribution in [1.82, 2.24) is 5.32 Å². The van der Waals surface area contributed by atoms with Gasteiger partial charge in [-0.15, -0.1) is 0 Å². The van der Waals surface area contributed by atoms with Crippen molar-refractivity contribution in [3.63, 3.8) is 0 Å². The SMILES string of the molecule is O=C(CNCc1ccc(F)cc1)Nc1ccc([N+](=O)[O-])cc1C(=O)Nc1ccc2c(c1)OCCO2. The number of nitro benzene ring substituents is 1. The quantitative estimate of drug-likeness (QED) is 0.332. The summed E-state index contributed by atoms with van der Waals surface area (Å²) in [6, 6.07) is 14.3. The molecule has 0 fully saturated rings. The van der Waals surface area contributed by atoms with Gasteiger partial charge in [-0.3, -0.25) is 19.7 Å². The van der Waals surface area contributed by atoms with Crippen LogP contribution in [0, 0.1) is 15.9 Å². The fourth-order valence-corrected chi connectivity index (χ4v) is 3.38. The first-order valence-corrected chi connectivity index (χ1v) is 10.6. The fraction of sp³-hybridized carbons (Fsp3) is 0.167. The summed E-state index contributed by atoms with van der Waals surface area (Å²) in [4.78, 5) is 36.0. The van der Waals surface area contributed by atoms with Crippen LogP contribution in [-0.2, 0) is 11.3 Å². The topological polar surface area (TPSA) is 132 Å². The maximum atomic E-state index is 13.0. The van der Waals surface area contributed by atoms with Crippen molar-refractivity contribution in [1.29, 1.82) is 0 Å². The second kappa shape index (κ2) is 10.6. The van der Waals surface area contributed by atoms with E-state index in [1.165, 1.54) is 24.3 Å². The van der Waals surface area contributed by atoms with Gasteiger partial charge in [0.15, 0.2) is 11.5 Å². The summed E-state index contributed by atoms with van der Waals surface area (Å²) < 4.78 is 24.0. The van der Waals surface area contributed by atoms with Crippen LogP contribution in [0.3, 0.4) is 0 Å². The molecule has 0 bridgehead atoms. The molecule has 0 aliphatic carbocycles. The Bertz CT molecular complexity index is 1270. The van der Waals surface area contributed by atoms with Crippen LogP contribution in [0.25, 0.3) is 0 Å². The van der Waals surface area contributed by atoms with E-state index < -0.39 is 16.7 Å². The largest absolute Gasteiger partial charge is 0.486 e. The van der Waals surface area contributed by atoms with E-state index in [4.69, 9.17) is 9.47 Å². The lowest BCUT2D eigenvalue weighted by Gasteiger charge is -2.19. The maximum Gasteiger partial charge on any atom is 0.270 e. The Balaban J connectivity index is 1.45. The second-order valence-electron chi connectivity index (χ2n) is 7.58. The predicted octanol–water partition coefficient (Wildman–Crippen LogP) is 3.49. The molecule has 4 rings (SSSR count). The molecule has 2 amide bonds. The van der Waals surface area contributed by atoms with Crippen LogP contribution in [0.15, 0.2) is 60.7 Å². The molecule has 10 nitrogen and oxygen atoms in total. The van der Waals surface area contributed by atoms with Gasteiger partial charge in [-0.1, -0.05) is 12.1 Å². The number of amides is 2. The number of anilines is 2. The molecule has 0 saturated carbocycles. The Labute approximate surface area is 199 Å². The first kappa shape index (κ1) is 23.6. The lowest BCUT2D eigenvalue weighted by molar-refractivity contribution is -0.384. The summed E-state index contributed by atoms with van der Waals surface area (Å²) in [5, 5.41) is 19.4. The third kappa shape index (κ3) is 6.09. The average molecular weight is 480 g/mol. The molecule has 0 aromatic heterocycles. The van der Waals surface area contributed by atoms with Gasteiger partial charge < -0.3 is 25.4 Å². The van der Waals surface area contributed by atoms with Crippen LogP contribution in [-0.4, -0.2) is 36.5 Å².